The highest BCUT2D eigenvalue weighted by Crippen LogP contribution is 2.19. The van der Waals surface area contributed by atoms with E-state index < -0.39 is 0 Å². The van der Waals surface area contributed by atoms with E-state index in [2.05, 4.69) is 32.2 Å². The number of aliphatic hydroxyl groups is 1. The van der Waals surface area contributed by atoms with Crippen LogP contribution in [-0.2, 0) is 6.42 Å². The summed E-state index contributed by atoms with van der Waals surface area (Å²) in [6.07, 6.45) is 3.92. The van der Waals surface area contributed by atoms with Crippen molar-refractivity contribution < 1.29 is 9.84 Å². The molecule has 1 unspecified atom stereocenters. The first kappa shape index (κ1) is 17.0. The molecule has 0 aliphatic carbocycles. The Balaban J connectivity index is 2.36. The maximum absolute atomic E-state index is 9.51. The zero-order chi connectivity index (χ0) is 14.8. The van der Waals surface area contributed by atoms with Gasteiger partial charge in [0.2, 0.25) is 0 Å². The molecule has 3 nitrogen and oxygen atoms in total. The number of rotatable bonds is 10. The van der Waals surface area contributed by atoms with Gasteiger partial charge in [-0.15, -0.1) is 0 Å². The zero-order valence-corrected chi connectivity index (χ0v) is 13.1. The lowest BCUT2D eigenvalue weighted by atomic mass is 9.97. The predicted octanol–water partition coefficient (Wildman–Crippen LogP) is 3.16. The van der Waals surface area contributed by atoms with Crippen LogP contribution in [0.15, 0.2) is 24.3 Å². The van der Waals surface area contributed by atoms with E-state index in [1.54, 1.807) is 0 Å². The average molecular weight is 279 g/mol. The van der Waals surface area contributed by atoms with E-state index in [4.69, 9.17) is 4.74 Å². The van der Waals surface area contributed by atoms with E-state index in [-0.39, 0.29) is 12.1 Å². The molecule has 20 heavy (non-hydrogen) atoms. The number of hydrogen-bond donors (Lipinski definition) is 2. The molecule has 1 aromatic carbocycles. The van der Waals surface area contributed by atoms with Gasteiger partial charge in [0, 0.05) is 5.54 Å². The van der Waals surface area contributed by atoms with Crippen LogP contribution >= 0.6 is 0 Å². The van der Waals surface area contributed by atoms with E-state index in [1.807, 2.05) is 18.2 Å². The molecule has 0 aliphatic rings. The lowest BCUT2D eigenvalue weighted by molar-refractivity contribution is 0.156. The monoisotopic (exact) mass is 279 g/mol. The molecule has 0 aliphatic heterocycles. The number of aryl methyl sites for hydroxylation is 1. The lowest BCUT2D eigenvalue weighted by Gasteiger charge is -2.28. The molecule has 114 valence electrons. The Morgan fingerprint density at radius 3 is 2.65 bits per heavy atom. The number of para-hydroxylation sites is 1. The van der Waals surface area contributed by atoms with Crippen LogP contribution < -0.4 is 10.1 Å². The van der Waals surface area contributed by atoms with E-state index in [0.29, 0.717) is 6.61 Å². The third kappa shape index (κ3) is 5.51. The van der Waals surface area contributed by atoms with Crippen molar-refractivity contribution >= 4 is 0 Å². The summed E-state index contributed by atoms with van der Waals surface area (Å²) in [6.45, 7) is 8.15. The van der Waals surface area contributed by atoms with Gasteiger partial charge in [0.25, 0.3) is 0 Å². The van der Waals surface area contributed by atoms with Crippen molar-refractivity contribution in [2.45, 2.75) is 52.0 Å². The van der Waals surface area contributed by atoms with Crippen LogP contribution in [0.25, 0.3) is 0 Å². The zero-order valence-electron chi connectivity index (χ0n) is 13.1. The second-order valence-electron chi connectivity index (χ2n) is 5.56. The van der Waals surface area contributed by atoms with Crippen molar-refractivity contribution in [3.8, 4) is 5.75 Å². The van der Waals surface area contributed by atoms with Crippen molar-refractivity contribution in [3.05, 3.63) is 29.8 Å². The molecule has 0 radical (unpaired) electrons. The molecule has 0 fully saturated rings. The molecular weight excluding hydrogens is 250 g/mol. The van der Waals surface area contributed by atoms with Gasteiger partial charge < -0.3 is 15.2 Å². The van der Waals surface area contributed by atoms with Crippen molar-refractivity contribution in [1.82, 2.24) is 5.32 Å². The number of nitrogens with one attached hydrogen (secondary N) is 1. The summed E-state index contributed by atoms with van der Waals surface area (Å²) in [4.78, 5) is 0. The minimum atomic E-state index is -0.191. The van der Waals surface area contributed by atoms with Gasteiger partial charge >= 0.3 is 0 Å². The summed E-state index contributed by atoms with van der Waals surface area (Å²) in [6, 6.07) is 8.19. The third-order valence-corrected chi connectivity index (χ3v) is 3.63. The topological polar surface area (TPSA) is 41.5 Å². The quantitative estimate of drug-likeness (QED) is 0.646. The van der Waals surface area contributed by atoms with Crippen molar-refractivity contribution in [3.63, 3.8) is 0 Å². The second-order valence-corrected chi connectivity index (χ2v) is 5.56. The largest absolute Gasteiger partial charge is 0.493 e. The van der Waals surface area contributed by atoms with Crippen molar-refractivity contribution in [2.75, 3.05) is 19.8 Å². The molecular formula is C17H29NO2. The minimum absolute atomic E-state index is 0.165. The van der Waals surface area contributed by atoms with Crippen LogP contribution in [0.5, 0.6) is 5.75 Å². The maximum Gasteiger partial charge on any atom is 0.122 e. The van der Waals surface area contributed by atoms with Gasteiger partial charge in [-0.25, -0.2) is 0 Å². The molecule has 2 N–H and O–H groups in total. The molecule has 0 saturated carbocycles. The molecule has 1 rings (SSSR count). The minimum Gasteiger partial charge on any atom is -0.493 e. The van der Waals surface area contributed by atoms with Gasteiger partial charge in [-0.3, -0.25) is 0 Å². The Bertz CT molecular complexity index is 381. The van der Waals surface area contributed by atoms with Crippen LogP contribution in [0.4, 0.5) is 0 Å². The molecule has 0 amide bonds. The fourth-order valence-electron chi connectivity index (χ4n) is 2.23. The Morgan fingerprint density at radius 2 is 2.00 bits per heavy atom. The number of benzene rings is 1. The highest BCUT2D eigenvalue weighted by Gasteiger charge is 2.21. The summed E-state index contributed by atoms with van der Waals surface area (Å²) in [5.74, 6) is 0.988. The molecule has 0 heterocycles. The van der Waals surface area contributed by atoms with E-state index >= 15 is 0 Å². The van der Waals surface area contributed by atoms with E-state index in [9.17, 15) is 5.11 Å². The molecule has 0 bridgehead atoms. The summed E-state index contributed by atoms with van der Waals surface area (Å²) >= 11 is 0. The fraction of sp³-hybridized carbons (Fsp3) is 0.647. The highest BCUT2D eigenvalue weighted by atomic mass is 16.5. The van der Waals surface area contributed by atoms with Gasteiger partial charge in [0.1, 0.15) is 5.75 Å². The molecule has 1 atom stereocenters. The number of aliphatic hydroxyl groups excluding tert-OH is 1. The molecule has 0 saturated heterocycles. The molecule has 0 spiro atoms. The van der Waals surface area contributed by atoms with Crippen molar-refractivity contribution in [2.24, 2.45) is 0 Å². The Morgan fingerprint density at radius 1 is 1.25 bits per heavy atom. The van der Waals surface area contributed by atoms with Crippen LogP contribution in [-0.4, -0.2) is 30.4 Å². The second kappa shape index (κ2) is 8.98. The first-order valence-corrected chi connectivity index (χ1v) is 7.71. The normalized spacial score (nSPS) is 14.0. The number of ether oxygens (including phenoxy) is 1. The van der Waals surface area contributed by atoms with Gasteiger partial charge in [0.05, 0.1) is 13.2 Å². The molecule has 0 aromatic heterocycles. The van der Waals surface area contributed by atoms with Gasteiger partial charge in [0.15, 0.2) is 0 Å². The summed E-state index contributed by atoms with van der Waals surface area (Å²) in [5, 5.41) is 12.9. The van der Waals surface area contributed by atoms with E-state index in [1.165, 1.54) is 5.56 Å². The highest BCUT2D eigenvalue weighted by molar-refractivity contribution is 5.33. The van der Waals surface area contributed by atoms with Crippen molar-refractivity contribution in [1.29, 1.82) is 0 Å². The SMILES string of the molecule is CCCNC(C)(CO)CCCOc1ccccc1CC. The van der Waals surface area contributed by atoms with Crippen LogP contribution in [0.2, 0.25) is 0 Å². The Labute approximate surface area is 123 Å². The van der Waals surface area contributed by atoms with Gasteiger partial charge in [-0.2, -0.15) is 0 Å². The molecule has 3 heteroatoms. The third-order valence-electron chi connectivity index (χ3n) is 3.63. The summed E-state index contributed by atoms with van der Waals surface area (Å²) in [5.41, 5.74) is 1.06. The summed E-state index contributed by atoms with van der Waals surface area (Å²) < 4.78 is 5.86. The van der Waals surface area contributed by atoms with Gasteiger partial charge in [-0.05, 0) is 50.8 Å². The van der Waals surface area contributed by atoms with Crippen LogP contribution in [0.3, 0.4) is 0 Å². The number of hydrogen-bond acceptors (Lipinski definition) is 3. The standard InChI is InChI=1S/C17H29NO2/c1-4-12-18-17(3,14-19)11-8-13-20-16-10-7-6-9-15(16)5-2/h6-7,9-10,18-19H,4-5,8,11-14H2,1-3H3. The van der Waals surface area contributed by atoms with Crippen LogP contribution in [0.1, 0.15) is 45.6 Å². The summed E-state index contributed by atoms with van der Waals surface area (Å²) in [7, 11) is 0. The Hall–Kier alpha value is -1.06. The fourth-order valence-corrected chi connectivity index (χ4v) is 2.23. The first-order chi connectivity index (χ1) is 9.65. The van der Waals surface area contributed by atoms with Gasteiger partial charge in [-0.1, -0.05) is 32.0 Å². The molecule has 1 aromatic rings. The van der Waals surface area contributed by atoms with E-state index in [0.717, 1.165) is 38.0 Å². The average Bonchev–Trinajstić information content (AvgIpc) is 2.50. The predicted molar refractivity (Wildman–Crippen MR) is 84.3 cm³/mol. The lowest BCUT2D eigenvalue weighted by Crippen LogP contribution is -2.46. The maximum atomic E-state index is 9.51. The Kier molecular flexibility index (Phi) is 7.63. The smallest absolute Gasteiger partial charge is 0.122 e. The first-order valence-electron chi connectivity index (χ1n) is 7.71. The van der Waals surface area contributed by atoms with Crippen LogP contribution in [0, 0.1) is 0 Å².